The van der Waals surface area contributed by atoms with Crippen molar-refractivity contribution >= 4 is 5.78 Å². The monoisotopic (exact) mass is 394 g/mol. The number of nitrogens with zero attached hydrogens (tertiary/aromatic N) is 1. The minimum Gasteiger partial charge on any atom is -0.465 e. The van der Waals surface area contributed by atoms with Crippen molar-refractivity contribution in [2.45, 2.75) is 58.2 Å². The number of ketones is 1. The fourth-order valence-electron chi connectivity index (χ4n) is 4.31. The molecule has 2 aliphatic heterocycles. The van der Waals surface area contributed by atoms with Crippen molar-refractivity contribution in [2.24, 2.45) is 11.1 Å². The second kappa shape index (κ2) is 7.57. The van der Waals surface area contributed by atoms with Crippen molar-refractivity contribution in [3.63, 3.8) is 0 Å². The van der Waals surface area contributed by atoms with Crippen LogP contribution < -0.4 is 10.5 Å². The molecule has 152 valence electrons. The number of rotatable bonds is 3. The molecule has 0 bridgehead atoms. The van der Waals surface area contributed by atoms with Crippen LogP contribution in [-0.2, 0) is 14.3 Å². The molecule has 0 amide bonds. The molecule has 2 N–H and O–H groups in total. The minimum absolute atomic E-state index is 0.0115. The molecule has 29 heavy (non-hydrogen) atoms. The van der Waals surface area contributed by atoms with Crippen molar-refractivity contribution in [3.05, 3.63) is 52.6 Å². The summed E-state index contributed by atoms with van der Waals surface area (Å²) in [7, 11) is 0. The summed E-state index contributed by atoms with van der Waals surface area (Å²) < 4.78 is 17.3. The van der Waals surface area contributed by atoms with E-state index in [9.17, 15) is 10.1 Å². The number of hydrogen-bond acceptors (Lipinski definition) is 6. The number of allylic oxidation sites excluding steroid dienone is 3. The summed E-state index contributed by atoms with van der Waals surface area (Å²) in [6.07, 6.45) is 3.85. The van der Waals surface area contributed by atoms with E-state index in [2.05, 4.69) is 6.07 Å². The van der Waals surface area contributed by atoms with Crippen molar-refractivity contribution in [2.75, 3.05) is 6.61 Å². The van der Waals surface area contributed by atoms with Crippen molar-refractivity contribution in [1.29, 1.82) is 5.26 Å². The minimum atomic E-state index is -0.507. The van der Waals surface area contributed by atoms with E-state index >= 15 is 0 Å². The third-order valence-electron chi connectivity index (χ3n) is 5.69. The molecule has 1 fully saturated rings. The van der Waals surface area contributed by atoms with E-state index in [-0.39, 0.29) is 28.9 Å². The average Bonchev–Trinajstić information content (AvgIpc) is 2.67. The Labute approximate surface area is 170 Å². The maximum absolute atomic E-state index is 13.0. The van der Waals surface area contributed by atoms with Crippen LogP contribution >= 0.6 is 0 Å². The zero-order valence-corrected chi connectivity index (χ0v) is 16.9. The fourth-order valence-corrected chi connectivity index (χ4v) is 4.31. The fraction of sp³-hybridized carbons (Fsp3) is 0.478. The number of ether oxygens (including phenoxy) is 3. The van der Waals surface area contributed by atoms with Gasteiger partial charge in [-0.05, 0) is 36.0 Å². The lowest BCUT2D eigenvalue weighted by molar-refractivity contribution is -0.119. The Morgan fingerprint density at radius 2 is 1.97 bits per heavy atom. The normalized spacial score (nSPS) is 26.4. The van der Waals surface area contributed by atoms with Gasteiger partial charge in [0.25, 0.3) is 0 Å². The van der Waals surface area contributed by atoms with E-state index in [0.717, 1.165) is 31.4 Å². The molecule has 0 aromatic heterocycles. The maximum atomic E-state index is 13.0. The maximum Gasteiger partial charge on any atom is 0.205 e. The summed E-state index contributed by atoms with van der Waals surface area (Å²) in [6, 6.07) is 9.62. The molecular formula is C23H26N2O4. The Balaban J connectivity index is 1.65. The number of benzene rings is 1. The van der Waals surface area contributed by atoms with E-state index < -0.39 is 5.92 Å². The number of carbonyl (C=O) groups excluding carboxylic acids is 1. The van der Waals surface area contributed by atoms with Gasteiger partial charge in [0.15, 0.2) is 12.1 Å². The van der Waals surface area contributed by atoms with Crippen LogP contribution in [0.1, 0.15) is 57.4 Å². The van der Waals surface area contributed by atoms with Crippen LogP contribution in [0.4, 0.5) is 0 Å². The number of nitriles is 1. The van der Waals surface area contributed by atoms with Gasteiger partial charge in [0.1, 0.15) is 23.2 Å². The molecule has 0 saturated carbocycles. The Kier molecular flexibility index (Phi) is 5.10. The van der Waals surface area contributed by atoms with E-state index in [1.807, 2.05) is 38.1 Å². The zero-order valence-electron chi connectivity index (χ0n) is 16.9. The van der Waals surface area contributed by atoms with Gasteiger partial charge in [0.05, 0.1) is 12.5 Å². The smallest absolute Gasteiger partial charge is 0.205 e. The molecule has 1 aromatic rings. The molecule has 1 saturated heterocycles. The largest absolute Gasteiger partial charge is 0.465 e. The summed E-state index contributed by atoms with van der Waals surface area (Å²) in [4.78, 5) is 13.0. The highest BCUT2D eigenvalue weighted by Gasteiger charge is 2.42. The van der Waals surface area contributed by atoms with E-state index in [0.29, 0.717) is 29.9 Å². The predicted molar refractivity (Wildman–Crippen MR) is 106 cm³/mol. The number of hydrogen-bond donors (Lipinski definition) is 1. The van der Waals surface area contributed by atoms with Crippen LogP contribution in [0.5, 0.6) is 5.75 Å². The molecule has 6 heteroatoms. The van der Waals surface area contributed by atoms with Crippen LogP contribution in [0.25, 0.3) is 0 Å². The first-order valence-electron chi connectivity index (χ1n) is 10.1. The molecule has 0 spiro atoms. The summed E-state index contributed by atoms with van der Waals surface area (Å²) >= 11 is 0. The second-order valence-corrected chi connectivity index (χ2v) is 8.69. The van der Waals surface area contributed by atoms with Gasteiger partial charge in [0.2, 0.25) is 5.88 Å². The van der Waals surface area contributed by atoms with Gasteiger partial charge in [-0.2, -0.15) is 5.26 Å². The molecule has 2 heterocycles. The summed E-state index contributed by atoms with van der Waals surface area (Å²) in [5.74, 6) is 0.875. The van der Waals surface area contributed by atoms with E-state index in [4.69, 9.17) is 19.9 Å². The molecule has 4 rings (SSSR count). The van der Waals surface area contributed by atoms with Crippen molar-refractivity contribution in [3.8, 4) is 11.8 Å². The van der Waals surface area contributed by atoms with Crippen molar-refractivity contribution < 1.29 is 19.0 Å². The average molecular weight is 394 g/mol. The molecule has 1 aromatic carbocycles. The highest BCUT2D eigenvalue weighted by Crippen LogP contribution is 2.47. The molecular weight excluding hydrogens is 368 g/mol. The number of carbonyl (C=O) groups is 1. The van der Waals surface area contributed by atoms with Crippen LogP contribution in [0, 0.1) is 16.7 Å². The second-order valence-electron chi connectivity index (χ2n) is 8.69. The van der Waals surface area contributed by atoms with Gasteiger partial charge in [-0.25, -0.2) is 0 Å². The van der Waals surface area contributed by atoms with Gasteiger partial charge in [0, 0.05) is 24.8 Å². The Bertz CT molecular complexity index is 915. The van der Waals surface area contributed by atoms with Crippen LogP contribution in [0.15, 0.2) is 47.1 Å². The third kappa shape index (κ3) is 3.88. The Morgan fingerprint density at radius 1 is 1.21 bits per heavy atom. The predicted octanol–water partition coefficient (Wildman–Crippen LogP) is 4.04. The van der Waals surface area contributed by atoms with Crippen molar-refractivity contribution in [1.82, 2.24) is 0 Å². The highest BCUT2D eigenvalue weighted by atomic mass is 16.7. The van der Waals surface area contributed by atoms with Gasteiger partial charge >= 0.3 is 0 Å². The van der Waals surface area contributed by atoms with E-state index in [1.165, 1.54) is 0 Å². The van der Waals surface area contributed by atoms with Crippen LogP contribution in [0.3, 0.4) is 0 Å². The summed E-state index contributed by atoms with van der Waals surface area (Å²) in [5.41, 5.74) is 7.53. The number of Topliss-reactive ketones (excluding diaryl/α,β-unsaturated/α-hetero) is 1. The molecule has 1 aliphatic carbocycles. The standard InChI is InChI=1S/C23H26N2O4/c1-23(2)11-17(26)21-18(12-23)29-22(25)16(13-24)20(21)14-6-8-15(9-7-14)28-19-5-3-4-10-27-19/h6-9,19-20H,3-5,10-12,25H2,1-2H3. The third-order valence-corrected chi connectivity index (χ3v) is 5.69. The molecule has 2 atom stereocenters. The topological polar surface area (TPSA) is 94.6 Å². The zero-order chi connectivity index (χ0) is 20.6. The van der Waals surface area contributed by atoms with Crippen LogP contribution in [0.2, 0.25) is 0 Å². The quantitative estimate of drug-likeness (QED) is 0.831. The number of nitrogens with two attached hydrogens (primary N) is 1. The SMILES string of the molecule is CC1(C)CC(=O)C2=C(C1)OC(N)=C(C#N)C2c1ccc(OC2CCCCO2)cc1. The Hall–Kier alpha value is -2.78. The lowest BCUT2D eigenvalue weighted by Gasteiger charge is -2.37. The van der Waals surface area contributed by atoms with Gasteiger partial charge in [-0.15, -0.1) is 0 Å². The van der Waals surface area contributed by atoms with Crippen LogP contribution in [-0.4, -0.2) is 18.7 Å². The van der Waals surface area contributed by atoms with Gasteiger partial charge in [-0.1, -0.05) is 26.0 Å². The lowest BCUT2D eigenvalue weighted by atomic mass is 9.70. The first-order chi connectivity index (χ1) is 13.9. The molecule has 6 nitrogen and oxygen atoms in total. The Morgan fingerprint density at radius 3 is 2.62 bits per heavy atom. The van der Waals surface area contributed by atoms with Gasteiger partial charge < -0.3 is 19.9 Å². The summed E-state index contributed by atoms with van der Waals surface area (Å²) in [5, 5.41) is 9.70. The lowest BCUT2D eigenvalue weighted by Crippen LogP contribution is -2.33. The molecule has 2 unspecified atom stereocenters. The van der Waals surface area contributed by atoms with E-state index in [1.54, 1.807) is 0 Å². The first kappa shape index (κ1) is 19.5. The first-order valence-corrected chi connectivity index (χ1v) is 10.1. The molecule has 0 radical (unpaired) electrons. The summed E-state index contributed by atoms with van der Waals surface area (Å²) in [6.45, 7) is 4.79. The van der Waals surface area contributed by atoms with Gasteiger partial charge in [-0.3, -0.25) is 4.79 Å². The molecule has 3 aliphatic rings. The highest BCUT2D eigenvalue weighted by molar-refractivity contribution is 6.00.